The molecule has 0 aromatic heterocycles. The summed E-state index contributed by atoms with van der Waals surface area (Å²) in [5.41, 5.74) is -0.0938. The van der Waals surface area contributed by atoms with Crippen molar-refractivity contribution in [3.05, 3.63) is 29.8 Å². The first-order valence-electron chi connectivity index (χ1n) is 5.24. The molecule has 0 saturated carbocycles. The maximum atomic E-state index is 11.4. The molecule has 1 heterocycles. The number of aliphatic carboxylic acids is 1. The molecule has 16 heavy (non-hydrogen) atoms. The number of halogens is 1. The van der Waals surface area contributed by atoms with Gasteiger partial charge in [0.25, 0.3) is 0 Å². The van der Waals surface area contributed by atoms with Gasteiger partial charge in [-0.15, -0.1) is 0 Å². The van der Waals surface area contributed by atoms with E-state index in [1.54, 1.807) is 0 Å². The molecule has 0 fully saturated rings. The lowest BCUT2D eigenvalue weighted by Gasteiger charge is -2.38. The fraction of sp³-hybridized carbons (Fsp3) is 0.417. The second kappa shape index (κ2) is 4.09. The number of hydrogen-bond acceptors (Lipinski definition) is 2. The van der Waals surface area contributed by atoms with Crippen molar-refractivity contribution in [2.45, 2.75) is 30.2 Å². The normalized spacial score (nSPS) is 28.0. The zero-order valence-corrected chi connectivity index (χ0v) is 10.5. The molecule has 0 bridgehead atoms. The number of carbonyl (C=O) groups is 1. The molecule has 2 rings (SSSR count). The summed E-state index contributed by atoms with van der Waals surface area (Å²) in [7, 11) is 0. The van der Waals surface area contributed by atoms with E-state index in [1.807, 2.05) is 31.2 Å². The van der Waals surface area contributed by atoms with Gasteiger partial charge in [-0.3, -0.25) is 0 Å². The Balaban J connectivity index is 2.44. The van der Waals surface area contributed by atoms with Gasteiger partial charge in [0.15, 0.2) is 0 Å². The van der Waals surface area contributed by atoms with Crippen LogP contribution in [0.3, 0.4) is 0 Å². The molecule has 1 aliphatic rings. The van der Waals surface area contributed by atoms with Gasteiger partial charge >= 0.3 is 5.97 Å². The van der Waals surface area contributed by atoms with Crippen molar-refractivity contribution in [1.82, 2.24) is 0 Å². The summed E-state index contributed by atoms with van der Waals surface area (Å²) in [6.45, 7) is 1.83. The predicted octanol–water partition coefficient (Wildman–Crippen LogP) is 2.62. The zero-order chi connectivity index (χ0) is 11.8. The number of fused-ring (bicyclic) bond motifs is 1. The number of ether oxygens (including phenoxy) is 1. The molecule has 1 aromatic rings. The van der Waals surface area contributed by atoms with E-state index in [-0.39, 0.29) is 4.83 Å². The smallest absolute Gasteiger partial charge is 0.349 e. The maximum Gasteiger partial charge on any atom is 0.349 e. The Labute approximate surface area is 103 Å². The molecule has 4 heteroatoms. The zero-order valence-electron chi connectivity index (χ0n) is 8.94. The molecule has 0 amide bonds. The average Bonchev–Trinajstić information content (AvgIpc) is 2.27. The van der Waals surface area contributed by atoms with Gasteiger partial charge in [-0.05, 0) is 24.5 Å². The van der Waals surface area contributed by atoms with E-state index < -0.39 is 11.6 Å². The summed E-state index contributed by atoms with van der Waals surface area (Å²) < 4.78 is 5.70. The Bertz CT molecular complexity index is 418. The minimum Gasteiger partial charge on any atom is -0.478 e. The first-order chi connectivity index (χ1) is 7.60. The summed E-state index contributed by atoms with van der Waals surface area (Å²) in [4.78, 5) is 11.2. The van der Waals surface area contributed by atoms with Crippen LogP contribution >= 0.6 is 15.9 Å². The number of alkyl halides is 1. The van der Waals surface area contributed by atoms with Gasteiger partial charge in [0.05, 0.1) is 4.83 Å². The van der Waals surface area contributed by atoms with Gasteiger partial charge in [-0.1, -0.05) is 41.1 Å². The topological polar surface area (TPSA) is 46.5 Å². The van der Waals surface area contributed by atoms with Crippen molar-refractivity contribution in [3.8, 4) is 5.75 Å². The molecule has 2 atom stereocenters. The number of carboxylic acid groups (broad SMARTS) is 1. The molecule has 0 saturated heterocycles. The van der Waals surface area contributed by atoms with Crippen LogP contribution in [0.4, 0.5) is 0 Å². The van der Waals surface area contributed by atoms with E-state index in [1.165, 1.54) is 0 Å². The standard InChI is InChI=1S/C12H13BrO3/c1-2-12(11(14)15)10(13)7-8-5-3-4-6-9(8)16-12/h3-6,10H,2,7H2,1H3,(H,14,15). The van der Waals surface area contributed by atoms with Crippen LogP contribution in [0.15, 0.2) is 24.3 Å². The molecule has 0 aliphatic carbocycles. The number of benzene rings is 1. The van der Waals surface area contributed by atoms with Crippen LogP contribution in [0.2, 0.25) is 0 Å². The van der Waals surface area contributed by atoms with Gasteiger partial charge in [-0.2, -0.15) is 0 Å². The molecule has 1 aromatic carbocycles. The van der Waals surface area contributed by atoms with Crippen LogP contribution in [0.5, 0.6) is 5.75 Å². The Kier molecular flexibility index (Phi) is 2.93. The maximum absolute atomic E-state index is 11.4. The van der Waals surface area contributed by atoms with E-state index in [0.29, 0.717) is 18.6 Å². The number of rotatable bonds is 2. The summed E-state index contributed by atoms with van der Waals surface area (Å²) in [6.07, 6.45) is 1.11. The van der Waals surface area contributed by atoms with Crippen LogP contribution in [0.1, 0.15) is 18.9 Å². The molecule has 1 N–H and O–H groups in total. The minimum absolute atomic E-state index is 0.197. The van der Waals surface area contributed by atoms with Crippen LogP contribution in [-0.2, 0) is 11.2 Å². The summed E-state index contributed by atoms with van der Waals surface area (Å²) in [5, 5.41) is 9.33. The van der Waals surface area contributed by atoms with E-state index in [0.717, 1.165) is 5.56 Å². The fourth-order valence-electron chi connectivity index (χ4n) is 2.01. The Morgan fingerprint density at radius 1 is 1.62 bits per heavy atom. The van der Waals surface area contributed by atoms with Crippen molar-refractivity contribution in [2.24, 2.45) is 0 Å². The van der Waals surface area contributed by atoms with Gasteiger partial charge in [0, 0.05) is 0 Å². The van der Waals surface area contributed by atoms with Crippen molar-refractivity contribution >= 4 is 21.9 Å². The lowest BCUT2D eigenvalue weighted by Crippen LogP contribution is -2.54. The second-order valence-electron chi connectivity index (χ2n) is 3.93. The monoisotopic (exact) mass is 284 g/mol. The van der Waals surface area contributed by atoms with Crippen molar-refractivity contribution < 1.29 is 14.6 Å². The fourth-order valence-corrected chi connectivity index (χ4v) is 2.97. The highest BCUT2D eigenvalue weighted by molar-refractivity contribution is 9.09. The van der Waals surface area contributed by atoms with Crippen molar-refractivity contribution in [1.29, 1.82) is 0 Å². The molecule has 1 aliphatic heterocycles. The van der Waals surface area contributed by atoms with Crippen molar-refractivity contribution in [2.75, 3.05) is 0 Å². The Hall–Kier alpha value is -1.03. The molecule has 86 valence electrons. The molecular formula is C12H13BrO3. The highest BCUT2D eigenvalue weighted by atomic mass is 79.9. The first kappa shape index (κ1) is 11.5. The third kappa shape index (κ3) is 1.61. The quantitative estimate of drug-likeness (QED) is 0.850. The summed E-state index contributed by atoms with van der Waals surface area (Å²) >= 11 is 3.44. The summed E-state index contributed by atoms with van der Waals surface area (Å²) in [6, 6.07) is 7.57. The Morgan fingerprint density at radius 3 is 2.94 bits per heavy atom. The highest BCUT2D eigenvalue weighted by Gasteiger charge is 2.48. The number of para-hydroxylation sites is 1. The number of carboxylic acids is 1. The van der Waals surface area contributed by atoms with Crippen LogP contribution in [0, 0.1) is 0 Å². The van der Waals surface area contributed by atoms with Crippen LogP contribution in [-0.4, -0.2) is 21.5 Å². The van der Waals surface area contributed by atoms with Gasteiger partial charge < -0.3 is 9.84 Å². The summed E-state index contributed by atoms with van der Waals surface area (Å²) in [5.74, 6) is -0.228. The first-order valence-corrected chi connectivity index (χ1v) is 6.16. The third-order valence-electron chi connectivity index (χ3n) is 3.06. The van der Waals surface area contributed by atoms with E-state index >= 15 is 0 Å². The Morgan fingerprint density at radius 2 is 2.31 bits per heavy atom. The van der Waals surface area contributed by atoms with Gasteiger partial charge in [0.1, 0.15) is 5.75 Å². The van der Waals surface area contributed by atoms with Gasteiger partial charge in [0.2, 0.25) is 5.60 Å². The molecular weight excluding hydrogens is 272 g/mol. The molecule has 2 unspecified atom stereocenters. The molecule has 0 spiro atoms. The molecule has 0 radical (unpaired) electrons. The highest BCUT2D eigenvalue weighted by Crippen LogP contribution is 2.38. The lowest BCUT2D eigenvalue weighted by molar-refractivity contribution is -0.156. The third-order valence-corrected chi connectivity index (χ3v) is 4.12. The van der Waals surface area contributed by atoms with E-state index in [2.05, 4.69) is 15.9 Å². The van der Waals surface area contributed by atoms with Crippen molar-refractivity contribution in [3.63, 3.8) is 0 Å². The van der Waals surface area contributed by atoms with Crippen LogP contribution < -0.4 is 4.74 Å². The second-order valence-corrected chi connectivity index (χ2v) is 5.03. The largest absolute Gasteiger partial charge is 0.478 e. The SMILES string of the molecule is CCC1(C(=O)O)Oc2ccccc2CC1Br. The van der Waals surface area contributed by atoms with Crippen LogP contribution in [0.25, 0.3) is 0 Å². The molecule has 3 nitrogen and oxygen atoms in total. The van der Waals surface area contributed by atoms with E-state index in [4.69, 9.17) is 4.74 Å². The minimum atomic E-state index is -1.14. The average molecular weight is 285 g/mol. The van der Waals surface area contributed by atoms with E-state index in [9.17, 15) is 9.90 Å². The number of hydrogen-bond donors (Lipinski definition) is 1. The van der Waals surface area contributed by atoms with Gasteiger partial charge in [-0.25, -0.2) is 4.79 Å². The lowest BCUT2D eigenvalue weighted by atomic mass is 9.89. The predicted molar refractivity (Wildman–Crippen MR) is 64.1 cm³/mol.